The average molecular weight is 399 g/mol. The zero-order chi connectivity index (χ0) is 19.5. The van der Waals surface area contributed by atoms with Gasteiger partial charge < -0.3 is 4.90 Å². The molecule has 2 aromatic carbocycles. The molecular weight excluding hydrogens is 380 g/mol. The first kappa shape index (κ1) is 18.7. The summed E-state index contributed by atoms with van der Waals surface area (Å²) in [7, 11) is 0. The highest BCUT2D eigenvalue weighted by Gasteiger charge is 2.24. The van der Waals surface area contributed by atoms with Crippen LogP contribution >= 0.6 is 11.3 Å². The van der Waals surface area contributed by atoms with Crippen molar-refractivity contribution in [2.45, 2.75) is 6.54 Å². The molecule has 4 rings (SSSR count). The van der Waals surface area contributed by atoms with Crippen LogP contribution in [0.15, 0.2) is 53.9 Å². The maximum absolute atomic E-state index is 13.9. The number of carbonyl (C=O) groups is 1. The summed E-state index contributed by atoms with van der Waals surface area (Å²) in [6.45, 7) is 3.10. The number of hydrogen-bond donors (Lipinski definition) is 0. The average Bonchev–Trinajstić information content (AvgIpc) is 3.17. The van der Waals surface area contributed by atoms with Crippen LogP contribution in [0.1, 0.15) is 16.1 Å². The minimum Gasteiger partial charge on any atom is -0.336 e. The van der Waals surface area contributed by atoms with E-state index in [0.717, 1.165) is 34.9 Å². The number of nitrogens with zero attached hydrogens (tertiary/aromatic N) is 3. The fourth-order valence-corrected chi connectivity index (χ4v) is 4.08. The molecule has 0 saturated carbocycles. The lowest BCUT2D eigenvalue weighted by atomic mass is 10.1. The third-order valence-electron chi connectivity index (χ3n) is 4.78. The van der Waals surface area contributed by atoms with Crippen LogP contribution in [0.2, 0.25) is 0 Å². The van der Waals surface area contributed by atoms with E-state index in [9.17, 15) is 13.6 Å². The van der Waals surface area contributed by atoms with Crippen molar-refractivity contribution >= 4 is 17.2 Å². The Labute approximate surface area is 166 Å². The van der Waals surface area contributed by atoms with Gasteiger partial charge in [0, 0.05) is 49.7 Å². The monoisotopic (exact) mass is 399 g/mol. The molecule has 1 aromatic heterocycles. The predicted octanol–water partition coefficient (Wildman–Crippen LogP) is 4.05. The Morgan fingerprint density at radius 2 is 1.79 bits per heavy atom. The van der Waals surface area contributed by atoms with Crippen LogP contribution in [0.25, 0.3) is 10.6 Å². The molecule has 7 heteroatoms. The summed E-state index contributed by atoms with van der Waals surface area (Å²) >= 11 is 1.62. The second-order valence-corrected chi connectivity index (χ2v) is 7.56. The van der Waals surface area contributed by atoms with Gasteiger partial charge in [-0.3, -0.25) is 9.69 Å². The highest BCUT2D eigenvalue weighted by atomic mass is 32.1. The van der Waals surface area contributed by atoms with E-state index >= 15 is 0 Å². The van der Waals surface area contributed by atoms with E-state index in [0.29, 0.717) is 26.2 Å². The summed E-state index contributed by atoms with van der Waals surface area (Å²) in [6, 6.07) is 13.1. The largest absolute Gasteiger partial charge is 0.336 e. The molecule has 0 spiro atoms. The highest BCUT2D eigenvalue weighted by molar-refractivity contribution is 7.13. The fourth-order valence-electron chi connectivity index (χ4n) is 3.26. The third kappa shape index (κ3) is 4.10. The van der Waals surface area contributed by atoms with Crippen LogP contribution in [0, 0.1) is 11.6 Å². The van der Waals surface area contributed by atoms with Crippen molar-refractivity contribution in [1.29, 1.82) is 0 Å². The highest BCUT2D eigenvalue weighted by Crippen LogP contribution is 2.24. The van der Waals surface area contributed by atoms with E-state index in [1.165, 1.54) is 6.07 Å². The van der Waals surface area contributed by atoms with E-state index in [2.05, 4.69) is 10.3 Å². The molecule has 28 heavy (non-hydrogen) atoms. The Morgan fingerprint density at radius 3 is 2.50 bits per heavy atom. The van der Waals surface area contributed by atoms with Gasteiger partial charge >= 0.3 is 0 Å². The Hall–Kier alpha value is -2.64. The normalized spacial score (nSPS) is 15.0. The van der Waals surface area contributed by atoms with Crippen molar-refractivity contribution in [3.63, 3.8) is 0 Å². The number of aromatic nitrogens is 1. The second-order valence-electron chi connectivity index (χ2n) is 6.70. The molecule has 1 saturated heterocycles. The number of hydrogen-bond acceptors (Lipinski definition) is 4. The molecule has 4 nitrogen and oxygen atoms in total. The molecule has 1 fully saturated rings. The molecule has 3 aromatic rings. The van der Waals surface area contributed by atoms with Gasteiger partial charge in [-0.05, 0) is 12.1 Å². The first-order valence-corrected chi connectivity index (χ1v) is 9.94. The summed E-state index contributed by atoms with van der Waals surface area (Å²) in [4.78, 5) is 21.0. The van der Waals surface area contributed by atoms with Crippen LogP contribution in [0.3, 0.4) is 0 Å². The van der Waals surface area contributed by atoms with Gasteiger partial charge in [-0.1, -0.05) is 30.3 Å². The van der Waals surface area contributed by atoms with Gasteiger partial charge in [-0.15, -0.1) is 11.3 Å². The van der Waals surface area contributed by atoms with Gasteiger partial charge in [-0.25, -0.2) is 13.8 Å². The summed E-state index contributed by atoms with van der Waals surface area (Å²) in [5.41, 5.74) is 2.03. The van der Waals surface area contributed by atoms with Crippen molar-refractivity contribution in [2.24, 2.45) is 0 Å². The zero-order valence-corrected chi connectivity index (χ0v) is 16.0. The topological polar surface area (TPSA) is 36.4 Å². The van der Waals surface area contributed by atoms with Gasteiger partial charge in [0.1, 0.15) is 16.6 Å². The van der Waals surface area contributed by atoms with Gasteiger partial charge in [0.25, 0.3) is 5.91 Å². The molecule has 1 aliphatic heterocycles. The molecule has 2 heterocycles. The summed E-state index contributed by atoms with van der Waals surface area (Å²) in [6.07, 6.45) is 0. The molecule has 0 bridgehead atoms. The van der Waals surface area contributed by atoms with E-state index in [1.807, 2.05) is 30.3 Å². The van der Waals surface area contributed by atoms with Crippen LogP contribution in [-0.2, 0) is 6.54 Å². The number of piperazine rings is 1. The number of carbonyl (C=O) groups excluding carboxylic acids is 1. The summed E-state index contributed by atoms with van der Waals surface area (Å²) < 4.78 is 26.9. The first-order valence-electron chi connectivity index (χ1n) is 9.06. The van der Waals surface area contributed by atoms with Crippen LogP contribution in [0.5, 0.6) is 0 Å². The van der Waals surface area contributed by atoms with E-state index in [4.69, 9.17) is 4.98 Å². The van der Waals surface area contributed by atoms with Gasteiger partial charge in [0.15, 0.2) is 0 Å². The number of benzene rings is 2. The Bertz CT molecular complexity index is 969. The Morgan fingerprint density at radius 1 is 1.04 bits per heavy atom. The van der Waals surface area contributed by atoms with Crippen molar-refractivity contribution in [1.82, 2.24) is 14.8 Å². The zero-order valence-electron chi connectivity index (χ0n) is 15.1. The first-order chi connectivity index (χ1) is 13.6. The predicted molar refractivity (Wildman–Crippen MR) is 105 cm³/mol. The molecule has 0 radical (unpaired) electrons. The van der Waals surface area contributed by atoms with Crippen molar-refractivity contribution < 1.29 is 13.6 Å². The fraction of sp³-hybridized carbons (Fsp3) is 0.238. The van der Waals surface area contributed by atoms with Gasteiger partial charge in [0.05, 0.1) is 11.3 Å². The van der Waals surface area contributed by atoms with E-state index in [-0.39, 0.29) is 5.56 Å². The number of thiazole rings is 1. The maximum atomic E-state index is 13.9. The van der Waals surface area contributed by atoms with Crippen molar-refractivity contribution in [3.8, 4) is 10.6 Å². The standard InChI is InChI=1S/C21H19F2N3OS/c22-16-6-7-18(19(23)12-16)21(27)26-10-8-25(9-11-26)13-17-14-28-20(24-17)15-4-2-1-3-5-15/h1-7,12,14H,8-11,13H2. The van der Waals surface area contributed by atoms with E-state index in [1.54, 1.807) is 16.2 Å². The molecular formula is C21H19F2N3OS. The van der Waals surface area contributed by atoms with Crippen LogP contribution in [0.4, 0.5) is 8.78 Å². The molecule has 0 N–H and O–H groups in total. The lowest BCUT2D eigenvalue weighted by Crippen LogP contribution is -2.48. The Balaban J connectivity index is 1.34. The number of halogens is 2. The lowest BCUT2D eigenvalue weighted by molar-refractivity contribution is 0.0622. The molecule has 0 unspecified atom stereocenters. The minimum atomic E-state index is -0.816. The lowest BCUT2D eigenvalue weighted by Gasteiger charge is -2.34. The molecule has 0 aliphatic carbocycles. The molecule has 0 atom stereocenters. The quantitative estimate of drug-likeness (QED) is 0.664. The summed E-state index contributed by atoms with van der Waals surface area (Å²) in [5, 5.41) is 3.06. The second kappa shape index (κ2) is 8.16. The van der Waals surface area contributed by atoms with Crippen LogP contribution < -0.4 is 0 Å². The van der Waals surface area contributed by atoms with Crippen LogP contribution in [-0.4, -0.2) is 46.9 Å². The number of amides is 1. The molecule has 144 valence electrons. The Kier molecular flexibility index (Phi) is 5.45. The van der Waals surface area contributed by atoms with Crippen molar-refractivity contribution in [2.75, 3.05) is 26.2 Å². The molecule has 1 amide bonds. The van der Waals surface area contributed by atoms with Gasteiger partial charge in [0.2, 0.25) is 0 Å². The maximum Gasteiger partial charge on any atom is 0.256 e. The van der Waals surface area contributed by atoms with Crippen molar-refractivity contribution in [3.05, 3.63) is 76.8 Å². The smallest absolute Gasteiger partial charge is 0.256 e. The SMILES string of the molecule is O=C(c1ccc(F)cc1F)N1CCN(Cc2csc(-c3ccccc3)n2)CC1. The van der Waals surface area contributed by atoms with E-state index < -0.39 is 17.5 Å². The third-order valence-corrected chi connectivity index (χ3v) is 5.72. The molecule has 1 aliphatic rings. The van der Waals surface area contributed by atoms with Gasteiger partial charge in [-0.2, -0.15) is 0 Å². The minimum absolute atomic E-state index is 0.0816. The summed E-state index contributed by atoms with van der Waals surface area (Å²) in [5.74, 6) is -1.89. The number of rotatable bonds is 4.